The van der Waals surface area contributed by atoms with E-state index in [1.165, 1.54) is 0 Å². The number of carboxylic acids is 1. The molecule has 0 aliphatic carbocycles. The van der Waals surface area contributed by atoms with E-state index in [0.29, 0.717) is 0 Å². The molecule has 20 heavy (non-hydrogen) atoms. The maximum Gasteiger partial charge on any atom is 0.325 e. The first-order valence-corrected chi connectivity index (χ1v) is 7.05. The lowest BCUT2D eigenvalue weighted by molar-refractivity contribution is -0.138. The van der Waals surface area contributed by atoms with Crippen LogP contribution in [0.15, 0.2) is 6.07 Å². The molecule has 1 aromatic carbocycles. The highest BCUT2D eigenvalue weighted by atomic mass is 32.2. The monoisotopic (exact) mass is 305 g/mol. The molecule has 0 amide bonds. The van der Waals surface area contributed by atoms with Crippen LogP contribution in [-0.4, -0.2) is 37.6 Å². The van der Waals surface area contributed by atoms with Crippen molar-refractivity contribution >= 4 is 16.1 Å². The van der Waals surface area contributed by atoms with E-state index in [-0.39, 0.29) is 23.9 Å². The predicted molar refractivity (Wildman–Crippen MR) is 64.3 cm³/mol. The first-order chi connectivity index (χ1) is 9.20. The zero-order valence-electron chi connectivity index (χ0n) is 10.2. The summed E-state index contributed by atoms with van der Waals surface area (Å²) in [6.07, 6.45) is 0.772. The van der Waals surface area contributed by atoms with Gasteiger partial charge >= 0.3 is 16.1 Å². The lowest BCUT2D eigenvalue weighted by Gasteiger charge is -2.14. The molecule has 1 aliphatic heterocycles. The van der Waals surface area contributed by atoms with Crippen molar-refractivity contribution < 1.29 is 37.1 Å². The molecule has 1 heterocycles. The van der Waals surface area contributed by atoms with Gasteiger partial charge in [0, 0.05) is 5.56 Å². The molecule has 9 nitrogen and oxygen atoms in total. The van der Waals surface area contributed by atoms with E-state index in [4.69, 9.17) is 20.3 Å². The summed E-state index contributed by atoms with van der Waals surface area (Å²) in [4.78, 5) is 10.9. The van der Waals surface area contributed by atoms with Crippen LogP contribution in [0.1, 0.15) is 11.6 Å². The van der Waals surface area contributed by atoms with Crippen LogP contribution >= 0.6 is 0 Å². The Morgan fingerprint density at radius 2 is 2.05 bits per heavy atom. The summed E-state index contributed by atoms with van der Waals surface area (Å²) in [5.74, 6) is -2.72. The summed E-state index contributed by atoms with van der Waals surface area (Å²) >= 11 is 0. The minimum absolute atomic E-state index is 0.0572. The molecule has 0 saturated heterocycles. The Morgan fingerprint density at radius 1 is 1.45 bits per heavy atom. The minimum atomic E-state index is -3.92. The van der Waals surface area contributed by atoms with Crippen molar-refractivity contribution in [2.45, 2.75) is 6.04 Å². The third-order valence-corrected chi connectivity index (χ3v) is 2.93. The van der Waals surface area contributed by atoms with Crippen LogP contribution in [0.3, 0.4) is 0 Å². The van der Waals surface area contributed by atoms with Gasteiger partial charge in [0.1, 0.15) is 6.04 Å². The minimum Gasteiger partial charge on any atom is -0.502 e. The Hall–Kier alpha value is -2.20. The Bertz CT molecular complexity index is 668. The Kier molecular flexibility index (Phi) is 3.36. The smallest absolute Gasteiger partial charge is 0.325 e. The summed E-state index contributed by atoms with van der Waals surface area (Å²) in [6, 6.07) is -0.504. The van der Waals surface area contributed by atoms with Crippen molar-refractivity contribution in [1.29, 1.82) is 0 Å². The number of aliphatic carboxylic acids is 1. The normalized spacial score (nSPS) is 14.9. The fourth-order valence-electron chi connectivity index (χ4n) is 1.65. The largest absolute Gasteiger partial charge is 0.502 e. The molecule has 1 aromatic rings. The van der Waals surface area contributed by atoms with Gasteiger partial charge in [-0.15, -0.1) is 0 Å². The predicted octanol–water partition coefficient (Wildman–Crippen LogP) is -0.456. The lowest BCUT2D eigenvalue weighted by atomic mass is 10.0. The average molecular weight is 305 g/mol. The number of nitrogens with two attached hydrogens (primary N) is 1. The van der Waals surface area contributed by atoms with E-state index >= 15 is 0 Å². The molecule has 0 saturated carbocycles. The maximum atomic E-state index is 11.1. The number of fused-ring (bicyclic) bond motifs is 1. The summed E-state index contributed by atoms with van der Waals surface area (Å²) in [5, 5.41) is 18.8. The van der Waals surface area contributed by atoms with E-state index in [9.17, 15) is 18.3 Å². The Labute approximate surface area is 113 Å². The van der Waals surface area contributed by atoms with Crippen LogP contribution in [0.2, 0.25) is 0 Å². The number of aromatic hydroxyl groups is 1. The second-order valence-electron chi connectivity index (χ2n) is 3.98. The molecule has 0 bridgehead atoms. The van der Waals surface area contributed by atoms with Crippen molar-refractivity contribution in [3.63, 3.8) is 0 Å². The zero-order valence-corrected chi connectivity index (χ0v) is 11.0. The molecule has 10 heteroatoms. The highest BCUT2D eigenvalue weighted by molar-refractivity contribution is 7.86. The molecular formula is C10H11NO8S. The van der Waals surface area contributed by atoms with E-state index in [1.807, 2.05) is 0 Å². The van der Waals surface area contributed by atoms with Gasteiger partial charge < -0.3 is 29.6 Å². The third-order valence-electron chi connectivity index (χ3n) is 2.45. The maximum absolute atomic E-state index is 11.1. The summed E-state index contributed by atoms with van der Waals surface area (Å²) in [6.45, 7) is -0.259. The average Bonchev–Trinajstić information content (AvgIpc) is 2.79. The van der Waals surface area contributed by atoms with Gasteiger partial charge in [0.15, 0.2) is 11.5 Å². The summed E-state index contributed by atoms with van der Waals surface area (Å²) in [5.41, 5.74) is 5.40. The number of rotatable bonds is 4. The number of phenolic OH excluding ortho intramolecular Hbond substituents is 1. The standard InChI is InChI=1S/C10H11NO8S/c1-20(15,16)19-5-2-4(6(11)10(13)14)8-9(7(5)12)18-3-17-8/h2,6,12H,3,11H2,1H3,(H,13,14)/t6-/m0/s1. The van der Waals surface area contributed by atoms with Crippen LogP contribution in [0.5, 0.6) is 23.0 Å². The Morgan fingerprint density at radius 3 is 2.60 bits per heavy atom. The fraction of sp³-hybridized carbons (Fsp3) is 0.300. The zero-order chi connectivity index (χ0) is 15.1. The molecule has 110 valence electrons. The molecule has 1 aliphatic rings. The molecule has 0 fully saturated rings. The number of hydrogen-bond acceptors (Lipinski definition) is 8. The molecule has 4 N–H and O–H groups in total. The van der Waals surface area contributed by atoms with Gasteiger partial charge in [0.25, 0.3) is 0 Å². The molecule has 2 rings (SSSR count). The van der Waals surface area contributed by atoms with Crippen molar-refractivity contribution in [2.24, 2.45) is 5.73 Å². The summed E-state index contributed by atoms with van der Waals surface area (Å²) < 4.78 is 36.8. The van der Waals surface area contributed by atoms with E-state index in [1.54, 1.807) is 0 Å². The Balaban J connectivity index is 2.61. The number of benzene rings is 1. The fourth-order valence-corrected chi connectivity index (χ4v) is 2.10. The number of carbonyl (C=O) groups is 1. The van der Waals surface area contributed by atoms with Crippen LogP contribution in [0, 0.1) is 0 Å². The number of hydrogen-bond donors (Lipinski definition) is 3. The van der Waals surface area contributed by atoms with Crippen molar-refractivity contribution in [2.75, 3.05) is 13.0 Å². The number of phenols is 1. The molecule has 1 atom stereocenters. The number of carboxylic acid groups (broad SMARTS) is 1. The van der Waals surface area contributed by atoms with Gasteiger partial charge in [-0.25, -0.2) is 0 Å². The van der Waals surface area contributed by atoms with Gasteiger partial charge in [-0.05, 0) is 6.07 Å². The van der Waals surface area contributed by atoms with Crippen LogP contribution in [0.4, 0.5) is 0 Å². The highest BCUT2D eigenvalue weighted by Gasteiger charge is 2.31. The first kappa shape index (κ1) is 14.2. The van der Waals surface area contributed by atoms with Gasteiger partial charge in [0.05, 0.1) is 6.26 Å². The molecule has 0 unspecified atom stereocenters. The van der Waals surface area contributed by atoms with Crippen LogP contribution in [0.25, 0.3) is 0 Å². The first-order valence-electron chi connectivity index (χ1n) is 5.24. The lowest BCUT2D eigenvalue weighted by Crippen LogP contribution is -2.21. The molecule has 0 spiro atoms. The van der Waals surface area contributed by atoms with E-state index in [0.717, 1.165) is 12.3 Å². The topological polar surface area (TPSA) is 145 Å². The van der Waals surface area contributed by atoms with Crippen LogP contribution < -0.4 is 19.4 Å². The van der Waals surface area contributed by atoms with Gasteiger partial charge in [-0.3, -0.25) is 4.79 Å². The van der Waals surface area contributed by atoms with Crippen molar-refractivity contribution in [3.05, 3.63) is 11.6 Å². The van der Waals surface area contributed by atoms with Crippen LogP contribution in [-0.2, 0) is 14.9 Å². The van der Waals surface area contributed by atoms with Gasteiger partial charge in [-0.2, -0.15) is 8.42 Å². The molecular weight excluding hydrogens is 294 g/mol. The molecule has 0 radical (unpaired) electrons. The van der Waals surface area contributed by atoms with Crippen molar-refractivity contribution in [1.82, 2.24) is 0 Å². The SMILES string of the molecule is CS(=O)(=O)Oc1cc([C@H](N)C(=O)O)c2c(c1O)OCO2. The highest BCUT2D eigenvalue weighted by Crippen LogP contribution is 2.50. The molecule has 0 aromatic heterocycles. The third kappa shape index (κ3) is 2.56. The number of ether oxygens (including phenoxy) is 2. The second-order valence-corrected chi connectivity index (χ2v) is 5.56. The second kappa shape index (κ2) is 4.72. The van der Waals surface area contributed by atoms with E-state index in [2.05, 4.69) is 4.18 Å². The quantitative estimate of drug-likeness (QED) is 0.629. The van der Waals surface area contributed by atoms with E-state index < -0.39 is 33.6 Å². The summed E-state index contributed by atoms with van der Waals surface area (Å²) in [7, 11) is -3.92. The van der Waals surface area contributed by atoms with Gasteiger partial charge in [-0.1, -0.05) is 0 Å². The van der Waals surface area contributed by atoms with Gasteiger partial charge in [0.2, 0.25) is 18.3 Å². The van der Waals surface area contributed by atoms with Crippen molar-refractivity contribution in [3.8, 4) is 23.0 Å².